The number of carboxylic acid groups (broad SMARTS) is 1. The first-order chi connectivity index (χ1) is 8.88. The van der Waals surface area contributed by atoms with Crippen molar-refractivity contribution in [2.24, 2.45) is 5.92 Å². The smallest absolute Gasteiger partial charge is 0.326 e. The van der Waals surface area contributed by atoms with E-state index in [0.29, 0.717) is 13.0 Å². The minimum Gasteiger partial charge on any atom is -0.480 e. The lowest BCUT2D eigenvalue weighted by Gasteiger charge is -2.16. The van der Waals surface area contributed by atoms with E-state index in [1.165, 1.54) is 11.3 Å². The van der Waals surface area contributed by atoms with Crippen LogP contribution in [-0.2, 0) is 11.3 Å². The minimum absolute atomic E-state index is 0.203. The topological polar surface area (TPSA) is 78.4 Å². The Bertz CT molecular complexity index is 448. The molecular formula is C12H17BrN2O3S. The van der Waals surface area contributed by atoms with Crippen LogP contribution in [0, 0.1) is 5.92 Å². The molecule has 0 bridgehead atoms. The maximum Gasteiger partial charge on any atom is 0.326 e. The Morgan fingerprint density at radius 2 is 2.11 bits per heavy atom. The Kier molecular flexibility index (Phi) is 6.30. The van der Waals surface area contributed by atoms with Crippen molar-refractivity contribution in [1.82, 2.24) is 10.6 Å². The molecule has 2 amide bonds. The van der Waals surface area contributed by atoms with Gasteiger partial charge in [0.2, 0.25) is 0 Å². The zero-order chi connectivity index (χ0) is 14.4. The number of amides is 2. The van der Waals surface area contributed by atoms with Crippen LogP contribution in [-0.4, -0.2) is 23.1 Å². The van der Waals surface area contributed by atoms with Crippen molar-refractivity contribution in [2.75, 3.05) is 0 Å². The highest BCUT2D eigenvalue weighted by Gasteiger charge is 2.20. The van der Waals surface area contributed by atoms with Gasteiger partial charge in [-0.15, -0.1) is 11.3 Å². The SMILES string of the molecule is CC(C)C[C@H](NC(=O)NCc1ccc(Br)s1)C(=O)O. The lowest BCUT2D eigenvalue weighted by molar-refractivity contribution is -0.139. The van der Waals surface area contributed by atoms with Gasteiger partial charge >= 0.3 is 12.0 Å². The van der Waals surface area contributed by atoms with Gasteiger partial charge in [-0.1, -0.05) is 13.8 Å². The van der Waals surface area contributed by atoms with Crippen LogP contribution in [0.3, 0.4) is 0 Å². The molecule has 0 aromatic carbocycles. The highest BCUT2D eigenvalue weighted by molar-refractivity contribution is 9.11. The third kappa shape index (κ3) is 6.07. The van der Waals surface area contributed by atoms with Gasteiger partial charge < -0.3 is 15.7 Å². The molecule has 1 rings (SSSR count). The third-order valence-electron chi connectivity index (χ3n) is 2.36. The number of carboxylic acids is 1. The van der Waals surface area contributed by atoms with Gasteiger partial charge in [-0.25, -0.2) is 9.59 Å². The summed E-state index contributed by atoms with van der Waals surface area (Å²) in [5.74, 6) is -0.808. The second-order valence-corrected chi connectivity index (χ2v) is 7.10. The predicted molar refractivity (Wildman–Crippen MR) is 78.3 cm³/mol. The van der Waals surface area contributed by atoms with E-state index >= 15 is 0 Å². The van der Waals surface area contributed by atoms with Crippen LogP contribution < -0.4 is 10.6 Å². The number of rotatable bonds is 6. The molecule has 0 saturated carbocycles. The van der Waals surface area contributed by atoms with Gasteiger partial charge in [-0.2, -0.15) is 0 Å². The van der Waals surface area contributed by atoms with Crippen molar-refractivity contribution < 1.29 is 14.7 Å². The average Bonchev–Trinajstić information content (AvgIpc) is 2.71. The van der Waals surface area contributed by atoms with Gasteiger partial charge in [0.25, 0.3) is 0 Å². The van der Waals surface area contributed by atoms with Gasteiger partial charge in [0.15, 0.2) is 0 Å². The van der Waals surface area contributed by atoms with Crippen LogP contribution >= 0.6 is 27.3 Å². The largest absolute Gasteiger partial charge is 0.480 e. The first-order valence-corrected chi connectivity index (χ1v) is 7.50. The molecule has 0 radical (unpaired) electrons. The number of urea groups is 1. The van der Waals surface area contributed by atoms with Crippen molar-refractivity contribution >= 4 is 39.3 Å². The van der Waals surface area contributed by atoms with Gasteiger partial charge in [0.1, 0.15) is 6.04 Å². The molecule has 5 nitrogen and oxygen atoms in total. The summed E-state index contributed by atoms with van der Waals surface area (Å²) >= 11 is 4.86. The number of hydrogen-bond acceptors (Lipinski definition) is 3. The maximum absolute atomic E-state index is 11.6. The first kappa shape index (κ1) is 16.0. The van der Waals surface area contributed by atoms with E-state index in [2.05, 4.69) is 26.6 Å². The highest BCUT2D eigenvalue weighted by atomic mass is 79.9. The molecule has 19 heavy (non-hydrogen) atoms. The summed E-state index contributed by atoms with van der Waals surface area (Å²) in [5.41, 5.74) is 0. The highest BCUT2D eigenvalue weighted by Crippen LogP contribution is 2.21. The van der Waals surface area contributed by atoms with Crippen LogP contribution in [0.2, 0.25) is 0 Å². The van der Waals surface area contributed by atoms with Gasteiger partial charge in [0, 0.05) is 4.88 Å². The number of hydrogen-bond donors (Lipinski definition) is 3. The second kappa shape index (κ2) is 7.49. The van der Waals surface area contributed by atoms with Crippen LogP contribution in [0.25, 0.3) is 0 Å². The number of carbonyl (C=O) groups excluding carboxylic acids is 1. The minimum atomic E-state index is -1.01. The normalized spacial score (nSPS) is 12.2. The molecule has 7 heteroatoms. The van der Waals surface area contributed by atoms with E-state index in [1.54, 1.807) is 0 Å². The predicted octanol–water partition coefficient (Wildman–Crippen LogP) is 2.81. The molecule has 0 fully saturated rings. The summed E-state index contributed by atoms with van der Waals surface area (Å²) in [6.07, 6.45) is 0.410. The van der Waals surface area contributed by atoms with Crippen molar-refractivity contribution in [3.05, 3.63) is 20.8 Å². The molecule has 1 heterocycles. The Morgan fingerprint density at radius 3 is 2.58 bits per heavy atom. The lowest BCUT2D eigenvalue weighted by atomic mass is 10.0. The van der Waals surface area contributed by atoms with Crippen molar-refractivity contribution in [3.63, 3.8) is 0 Å². The van der Waals surface area contributed by atoms with E-state index in [0.717, 1.165) is 8.66 Å². The molecule has 0 aliphatic heterocycles. The Hall–Kier alpha value is -1.08. The van der Waals surface area contributed by atoms with Gasteiger partial charge in [0.05, 0.1) is 10.3 Å². The van der Waals surface area contributed by atoms with Crippen LogP contribution in [0.5, 0.6) is 0 Å². The molecule has 1 aromatic rings. The molecule has 1 atom stereocenters. The summed E-state index contributed by atoms with van der Waals surface area (Å²) in [6.45, 7) is 4.22. The zero-order valence-corrected chi connectivity index (χ0v) is 13.2. The fraction of sp³-hybridized carbons (Fsp3) is 0.500. The van der Waals surface area contributed by atoms with Crippen LogP contribution in [0.1, 0.15) is 25.1 Å². The molecule has 106 valence electrons. The van der Waals surface area contributed by atoms with E-state index in [-0.39, 0.29) is 5.92 Å². The fourth-order valence-corrected chi connectivity index (χ4v) is 2.94. The Balaban J connectivity index is 2.42. The van der Waals surface area contributed by atoms with E-state index in [9.17, 15) is 9.59 Å². The molecular weight excluding hydrogens is 332 g/mol. The van der Waals surface area contributed by atoms with Crippen molar-refractivity contribution in [1.29, 1.82) is 0 Å². The molecule has 0 aliphatic rings. The average molecular weight is 349 g/mol. The Labute approximate surface area is 124 Å². The molecule has 0 saturated heterocycles. The third-order valence-corrected chi connectivity index (χ3v) is 3.99. The molecule has 0 spiro atoms. The van der Waals surface area contributed by atoms with Gasteiger partial charge in [-0.3, -0.25) is 0 Å². The van der Waals surface area contributed by atoms with Crippen LogP contribution in [0.4, 0.5) is 4.79 Å². The van der Waals surface area contributed by atoms with E-state index < -0.39 is 18.0 Å². The molecule has 1 aromatic heterocycles. The number of thiophene rings is 1. The van der Waals surface area contributed by atoms with Crippen LogP contribution in [0.15, 0.2) is 15.9 Å². The second-order valence-electron chi connectivity index (χ2n) is 4.55. The maximum atomic E-state index is 11.6. The molecule has 0 unspecified atom stereocenters. The summed E-state index contributed by atoms with van der Waals surface area (Å²) in [5, 5.41) is 14.1. The standard InChI is InChI=1S/C12H17BrN2O3S/c1-7(2)5-9(11(16)17)15-12(18)14-6-8-3-4-10(13)19-8/h3-4,7,9H,5-6H2,1-2H3,(H,16,17)(H2,14,15,18)/t9-/m0/s1. The molecule has 0 aliphatic carbocycles. The van der Waals surface area contributed by atoms with E-state index in [4.69, 9.17) is 5.11 Å². The Morgan fingerprint density at radius 1 is 1.42 bits per heavy atom. The van der Waals surface area contributed by atoms with Crippen molar-refractivity contribution in [2.45, 2.75) is 32.9 Å². The zero-order valence-electron chi connectivity index (χ0n) is 10.8. The summed E-state index contributed by atoms with van der Waals surface area (Å²) in [6, 6.07) is 2.49. The summed E-state index contributed by atoms with van der Waals surface area (Å²) < 4.78 is 0.993. The molecule has 3 N–H and O–H groups in total. The van der Waals surface area contributed by atoms with Gasteiger partial charge in [-0.05, 0) is 40.4 Å². The summed E-state index contributed by atoms with van der Waals surface area (Å²) in [7, 11) is 0. The number of halogens is 1. The first-order valence-electron chi connectivity index (χ1n) is 5.90. The van der Waals surface area contributed by atoms with E-state index in [1.807, 2.05) is 26.0 Å². The van der Waals surface area contributed by atoms with Crippen molar-refractivity contribution in [3.8, 4) is 0 Å². The quantitative estimate of drug-likeness (QED) is 0.739. The number of aliphatic carboxylic acids is 1. The summed E-state index contributed by atoms with van der Waals surface area (Å²) in [4.78, 5) is 23.6. The number of nitrogens with one attached hydrogen (secondary N) is 2. The fourth-order valence-electron chi connectivity index (χ4n) is 1.52. The number of carbonyl (C=O) groups is 2. The monoisotopic (exact) mass is 348 g/mol. The lowest BCUT2D eigenvalue weighted by Crippen LogP contribution is -2.46.